The van der Waals surface area contributed by atoms with Crippen LogP contribution in [0.1, 0.15) is 32.6 Å². The molecule has 0 aliphatic carbocycles. The van der Waals surface area contributed by atoms with Gasteiger partial charge in [0.2, 0.25) is 0 Å². The average molecular weight is 346 g/mol. The minimum Gasteiger partial charge on any atom is -0.298 e. The molecule has 2 aromatic carbocycles. The maximum Gasteiger partial charge on any atom is 0.416 e. The second kappa shape index (κ2) is 6.67. The molecule has 2 rings (SSSR count). The van der Waals surface area contributed by atoms with Gasteiger partial charge in [-0.3, -0.25) is 4.79 Å². The Morgan fingerprint density at radius 3 is 2.12 bits per heavy atom. The van der Waals surface area contributed by atoms with Gasteiger partial charge >= 0.3 is 12.4 Å². The summed E-state index contributed by atoms with van der Waals surface area (Å²) in [5.74, 6) is 0. The van der Waals surface area contributed by atoms with E-state index < -0.39 is 29.0 Å². The standard InChI is InChI=1S/C17H12F6O/c18-16(19,20)14-6-7-15(17(21,22)23)13(9-14)5-4-11-2-1-3-12(8-11)10-24/h1-3,6-10H,4-5H2. The van der Waals surface area contributed by atoms with Crippen molar-refractivity contribution in [2.75, 3.05) is 0 Å². The third kappa shape index (κ3) is 4.37. The third-order valence-electron chi connectivity index (χ3n) is 3.51. The van der Waals surface area contributed by atoms with E-state index in [0.717, 1.165) is 0 Å². The number of rotatable bonds is 4. The van der Waals surface area contributed by atoms with E-state index in [1.807, 2.05) is 0 Å². The number of aryl methyl sites for hydroxylation is 2. The molecule has 0 aliphatic rings. The zero-order valence-corrected chi connectivity index (χ0v) is 12.2. The molecule has 0 fully saturated rings. The molecule has 0 saturated heterocycles. The highest BCUT2D eigenvalue weighted by atomic mass is 19.4. The fraction of sp³-hybridized carbons (Fsp3) is 0.235. The lowest BCUT2D eigenvalue weighted by atomic mass is 9.96. The van der Waals surface area contributed by atoms with Gasteiger partial charge in [0.05, 0.1) is 11.1 Å². The van der Waals surface area contributed by atoms with Crippen LogP contribution >= 0.6 is 0 Å². The minimum atomic E-state index is -4.73. The lowest BCUT2D eigenvalue weighted by Crippen LogP contribution is -2.13. The molecule has 0 aromatic heterocycles. The molecule has 0 amide bonds. The molecule has 1 nitrogen and oxygen atoms in total. The Kier molecular flexibility index (Phi) is 5.01. The van der Waals surface area contributed by atoms with Gasteiger partial charge in [0.1, 0.15) is 6.29 Å². The van der Waals surface area contributed by atoms with Crippen molar-refractivity contribution >= 4 is 6.29 Å². The van der Waals surface area contributed by atoms with Gasteiger partial charge in [-0.2, -0.15) is 26.3 Å². The van der Waals surface area contributed by atoms with E-state index in [9.17, 15) is 31.1 Å². The number of hydrogen-bond donors (Lipinski definition) is 0. The second-order valence-corrected chi connectivity index (χ2v) is 5.23. The third-order valence-corrected chi connectivity index (χ3v) is 3.51. The Hall–Kier alpha value is -2.31. The smallest absolute Gasteiger partial charge is 0.298 e. The largest absolute Gasteiger partial charge is 0.416 e. The number of benzene rings is 2. The summed E-state index contributed by atoms with van der Waals surface area (Å²) in [6.07, 6.45) is -8.98. The SMILES string of the molecule is O=Cc1cccc(CCc2cc(C(F)(F)F)ccc2C(F)(F)F)c1. The summed E-state index contributed by atoms with van der Waals surface area (Å²) in [4.78, 5) is 10.7. The maximum absolute atomic E-state index is 13.0. The van der Waals surface area contributed by atoms with Gasteiger partial charge in [0.15, 0.2) is 0 Å². The highest BCUT2D eigenvalue weighted by Gasteiger charge is 2.36. The molecule has 7 heteroatoms. The van der Waals surface area contributed by atoms with Crippen LogP contribution in [0.25, 0.3) is 0 Å². The van der Waals surface area contributed by atoms with Crippen LogP contribution in [-0.4, -0.2) is 6.29 Å². The van der Waals surface area contributed by atoms with Crippen LogP contribution in [-0.2, 0) is 25.2 Å². The lowest BCUT2D eigenvalue weighted by Gasteiger charge is -2.16. The Morgan fingerprint density at radius 1 is 0.833 bits per heavy atom. The van der Waals surface area contributed by atoms with Crippen LogP contribution < -0.4 is 0 Å². The summed E-state index contributed by atoms with van der Waals surface area (Å²) in [7, 11) is 0. The topological polar surface area (TPSA) is 17.1 Å². The molecule has 128 valence electrons. The monoisotopic (exact) mass is 346 g/mol. The normalized spacial score (nSPS) is 12.2. The molecule has 2 aromatic rings. The second-order valence-electron chi connectivity index (χ2n) is 5.23. The first-order chi connectivity index (χ1) is 11.1. The number of alkyl halides is 6. The fourth-order valence-corrected chi connectivity index (χ4v) is 2.35. The Labute approximate surface area is 133 Å². The first-order valence-electron chi connectivity index (χ1n) is 6.92. The van der Waals surface area contributed by atoms with Crippen molar-refractivity contribution < 1.29 is 31.1 Å². The quantitative estimate of drug-likeness (QED) is 0.541. The highest BCUT2D eigenvalue weighted by molar-refractivity contribution is 5.74. The molecule has 0 heterocycles. The molecule has 0 saturated carbocycles. The molecule has 0 bridgehead atoms. The first kappa shape index (κ1) is 18.0. The fourth-order valence-electron chi connectivity index (χ4n) is 2.35. The summed E-state index contributed by atoms with van der Waals surface area (Å²) in [5.41, 5.74) is -1.69. The van der Waals surface area contributed by atoms with Crippen LogP contribution in [0.2, 0.25) is 0 Å². The van der Waals surface area contributed by atoms with Crippen molar-refractivity contribution in [3.05, 3.63) is 70.3 Å². The molecule has 0 spiro atoms. The molecule has 24 heavy (non-hydrogen) atoms. The van der Waals surface area contributed by atoms with E-state index in [0.29, 0.717) is 35.6 Å². The summed E-state index contributed by atoms with van der Waals surface area (Å²) in [5, 5.41) is 0. The Bertz CT molecular complexity index is 731. The summed E-state index contributed by atoms with van der Waals surface area (Å²) < 4.78 is 77.2. The molecule has 0 atom stereocenters. The maximum atomic E-state index is 13.0. The molecule has 0 N–H and O–H groups in total. The summed E-state index contributed by atoms with van der Waals surface area (Å²) >= 11 is 0. The zero-order valence-electron chi connectivity index (χ0n) is 12.2. The van der Waals surface area contributed by atoms with Crippen molar-refractivity contribution in [2.45, 2.75) is 25.2 Å². The van der Waals surface area contributed by atoms with Crippen LogP contribution in [0.4, 0.5) is 26.3 Å². The van der Waals surface area contributed by atoms with Crippen molar-refractivity contribution in [3.63, 3.8) is 0 Å². The van der Waals surface area contributed by atoms with Gasteiger partial charge in [0.25, 0.3) is 0 Å². The van der Waals surface area contributed by atoms with E-state index in [1.54, 1.807) is 12.1 Å². The number of hydrogen-bond acceptors (Lipinski definition) is 1. The minimum absolute atomic E-state index is 0.0894. The summed E-state index contributed by atoms with van der Waals surface area (Å²) in [6.45, 7) is 0. The first-order valence-corrected chi connectivity index (χ1v) is 6.92. The molecular weight excluding hydrogens is 334 g/mol. The van der Waals surface area contributed by atoms with Crippen LogP contribution in [0.15, 0.2) is 42.5 Å². The van der Waals surface area contributed by atoms with Crippen LogP contribution in [0.5, 0.6) is 0 Å². The number of aldehydes is 1. The van der Waals surface area contributed by atoms with Gasteiger partial charge in [0, 0.05) is 5.56 Å². The molecule has 0 radical (unpaired) electrons. The molecule has 0 unspecified atom stereocenters. The number of halogens is 6. The summed E-state index contributed by atoms with van der Waals surface area (Å²) in [6, 6.07) is 7.62. The average Bonchev–Trinajstić information content (AvgIpc) is 2.51. The van der Waals surface area contributed by atoms with Crippen LogP contribution in [0.3, 0.4) is 0 Å². The van der Waals surface area contributed by atoms with E-state index in [4.69, 9.17) is 0 Å². The number of carbonyl (C=O) groups is 1. The van der Waals surface area contributed by atoms with E-state index >= 15 is 0 Å². The molecular formula is C17H12F6O. The van der Waals surface area contributed by atoms with Gasteiger partial charge in [-0.1, -0.05) is 18.2 Å². The Balaban J connectivity index is 2.33. The van der Waals surface area contributed by atoms with E-state index in [2.05, 4.69) is 0 Å². The van der Waals surface area contributed by atoms with Gasteiger partial charge in [-0.25, -0.2) is 0 Å². The predicted molar refractivity (Wildman–Crippen MR) is 75.7 cm³/mol. The van der Waals surface area contributed by atoms with Crippen LogP contribution in [0, 0.1) is 0 Å². The van der Waals surface area contributed by atoms with Gasteiger partial charge < -0.3 is 0 Å². The van der Waals surface area contributed by atoms with Crippen molar-refractivity contribution in [1.82, 2.24) is 0 Å². The zero-order chi connectivity index (χ0) is 18.0. The van der Waals surface area contributed by atoms with Crippen molar-refractivity contribution in [2.24, 2.45) is 0 Å². The number of carbonyl (C=O) groups excluding carboxylic acids is 1. The van der Waals surface area contributed by atoms with Crippen molar-refractivity contribution in [1.29, 1.82) is 0 Å². The predicted octanol–water partition coefficient (Wildman–Crippen LogP) is 5.32. The van der Waals surface area contributed by atoms with E-state index in [-0.39, 0.29) is 12.8 Å². The van der Waals surface area contributed by atoms with Crippen molar-refractivity contribution in [3.8, 4) is 0 Å². The Morgan fingerprint density at radius 2 is 1.54 bits per heavy atom. The van der Waals surface area contributed by atoms with Gasteiger partial charge in [-0.15, -0.1) is 0 Å². The molecule has 0 aliphatic heterocycles. The van der Waals surface area contributed by atoms with Gasteiger partial charge in [-0.05, 0) is 48.2 Å². The highest BCUT2D eigenvalue weighted by Crippen LogP contribution is 2.37. The lowest BCUT2D eigenvalue weighted by molar-refractivity contribution is -0.141. The van der Waals surface area contributed by atoms with E-state index in [1.165, 1.54) is 12.1 Å².